The average Bonchev–Trinajstić information content (AvgIpc) is 3.46. The van der Waals surface area contributed by atoms with E-state index in [9.17, 15) is 24.9 Å². The highest BCUT2D eigenvalue weighted by Crippen LogP contribution is 2.28. The number of aromatic nitrogens is 3. The van der Waals surface area contributed by atoms with Crippen molar-refractivity contribution >= 4 is 17.9 Å². The van der Waals surface area contributed by atoms with Crippen LogP contribution in [0.4, 0.5) is 10.6 Å². The lowest BCUT2D eigenvalue weighted by Crippen LogP contribution is -2.60. The van der Waals surface area contributed by atoms with Crippen LogP contribution in [0, 0.1) is 0 Å². The van der Waals surface area contributed by atoms with E-state index in [0.29, 0.717) is 35.9 Å². The molecule has 1 aromatic carbocycles. The molecule has 1 saturated heterocycles. The van der Waals surface area contributed by atoms with Gasteiger partial charge in [0, 0.05) is 30.9 Å². The number of aliphatic carboxylic acids is 1. The first-order valence-corrected chi connectivity index (χ1v) is 12.7. The van der Waals surface area contributed by atoms with Crippen molar-refractivity contribution in [2.24, 2.45) is 0 Å². The normalized spacial score (nSPS) is 21.8. The second-order valence-electron chi connectivity index (χ2n) is 9.30. The number of ether oxygens (including phenoxy) is 3. The fourth-order valence-corrected chi connectivity index (χ4v) is 4.16. The van der Waals surface area contributed by atoms with Gasteiger partial charge in [0.1, 0.15) is 30.7 Å². The first-order chi connectivity index (χ1) is 20.3. The molecule has 218 valence electrons. The molecule has 1 aliphatic rings. The molecule has 4 aromatic rings. The largest absolute Gasteiger partial charge is 0.479 e. The summed E-state index contributed by atoms with van der Waals surface area (Å²) in [5.41, 5.74) is 2.92. The number of anilines is 1. The number of aliphatic hydroxyl groups excluding tert-OH is 3. The van der Waals surface area contributed by atoms with Crippen molar-refractivity contribution in [2.75, 3.05) is 5.32 Å². The topological polar surface area (TPSA) is 207 Å². The molecule has 1 fully saturated rings. The number of carboxylic acids is 1. The van der Waals surface area contributed by atoms with Crippen molar-refractivity contribution in [3.05, 3.63) is 89.9 Å². The molecule has 14 heteroatoms. The van der Waals surface area contributed by atoms with Crippen molar-refractivity contribution in [1.29, 1.82) is 0 Å². The number of amides is 1. The summed E-state index contributed by atoms with van der Waals surface area (Å²) in [6, 6.07) is 18.2. The number of hydrogen-bond donors (Lipinski definition) is 5. The molecule has 5 rings (SSSR count). The molecule has 1 aliphatic heterocycles. The van der Waals surface area contributed by atoms with E-state index in [2.05, 4.69) is 20.4 Å². The Bertz CT molecular complexity index is 1510. The van der Waals surface area contributed by atoms with Gasteiger partial charge in [0.2, 0.25) is 12.2 Å². The van der Waals surface area contributed by atoms with Crippen molar-refractivity contribution < 1.29 is 48.7 Å². The van der Waals surface area contributed by atoms with E-state index < -0.39 is 42.8 Å². The van der Waals surface area contributed by atoms with Crippen molar-refractivity contribution in [3.8, 4) is 17.2 Å². The highest BCUT2D eigenvalue weighted by atomic mass is 16.7. The second kappa shape index (κ2) is 12.7. The highest BCUT2D eigenvalue weighted by molar-refractivity contribution is 5.88. The first-order valence-electron chi connectivity index (χ1n) is 12.7. The van der Waals surface area contributed by atoms with Crippen LogP contribution in [0.3, 0.4) is 0 Å². The zero-order chi connectivity index (χ0) is 29.6. The van der Waals surface area contributed by atoms with Crippen LogP contribution in [0.15, 0.2) is 77.6 Å². The van der Waals surface area contributed by atoms with E-state index in [1.54, 1.807) is 30.5 Å². The van der Waals surface area contributed by atoms with Crippen LogP contribution in [-0.4, -0.2) is 78.3 Å². The summed E-state index contributed by atoms with van der Waals surface area (Å²) in [5.74, 6) is -0.754. The molecular formula is C28H26N4O10. The molecule has 0 bridgehead atoms. The lowest BCUT2D eigenvalue weighted by Gasteiger charge is -2.37. The van der Waals surface area contributed by atoms with Crippen LogP contribution in [-0.2, 0) is 27.3 Å². The standard InChI is InChI=1S/C28H26N4O10/c33-21-22(34)24(26(36)37)40-27(23(21)35)41-28(38)31-25-18(4-3-11-30-25)19-13-17(32-42-19)12-15-6-8-16(9-7-15)14-39-20-5-1-2-10-29-20/h1-11,13,21-24,27,33-35H,12,14H2,(H,36,37)(H,30,31,38)/t21-,22?,23?,24?,27?/m0/s1. The van der Waals surface area contributed by atoms with Crippen molar-refractivity contribution in [2.45, 2.75) is 43.7 Å². The summed E-state index contributed by atoms with van der Waals surface area (Å²) in [6.45, 7) is 0.374. The Morgan fingerprint density at radius 1 is 0.905 bits per heavy atom. The maximum absolute atomic E-state index is 12.6. The number of pyridine rings is 2. The van der Waals surface area contributed by atoms with Gasteiger partial charge in [0.15, 0.2) is 11.9 Å². The number of nitrogens with zero attached hydrogens (tertiary/aromatic N) is 3. The van der Waals surface area contributed by atoms with Gasteiger partial charge in [0.25, 0.3) is 0 Å². The van der Waals surface area contributed by atoms with Crippen LogP contribution < -0.4 is 10.1 Å². The second-order valence-corrected chi connectivity index (χ2v) is 9.30. The summed E-state index contributed by atoms with van der Waals surface area (Å²) in [7, 11) is 0. The number of aliphatic hydroxyl groups is 3. The quantitative estimate of drug-likeness (QED) is 0.192. The number of rotatable bonds is 9. The summed E-state index contributed by atoms with van der Waals surface area (Å²) in [6.07, 6.45) is -7.18. The summed E-state index contributed by atoms with van der Waals surface area (Å²) < 4.78 is 21.1. The molecule has 0 spiro atoms. The van der Waals surface area contributed by atoms with E-state index in [1.807, 2.05) is 36.4 Å². The van der Waals surface area contributed by atoms with E-state index in [0.717, 1.165) is 11.1 Å². The summed E-state index contributed by atoms with van der Waals surface area (Å²) in [4.78, 5) is 32.1. The van der Waals surface area contributed by atoms with Crippen molar-refractivity contribution in [1.82, 2.24) is 15.1 Å². The fraction of sp³-hybridized carbons (Fsp3) is 0.250. The minimum absolute atomic E-state index is 0.0168. The smallest absolute Gasteiger partial charge is 0.415 e. The van der Waals surface area contributed by atoms with Gasteiger partial charge in [0.05, 0.1) is 11.3 Å². The van der Waals surface area contributed by atoms with Crippen LogP contribution in [0.25, 0.3) is 11.3 Å². The van der Waals surface area contributed by atoms with Gasteiger partial charge in [-0.25, -0.2) is 19.6 Å². The summed E-state index contributed by atoms with van der Waals surface area (Å²) in [5, 5.41) is 45.5. The molecule has 5 N–H and O–H groups in total. The van der Waals surface area contributed by atoms with Crippen LogP contribution in [0.5, 0.6) is 5.88 Å². The molecule has 0 radical (unpaired) electrons. The zero-order valence-electron chi connectivity index (χ0n) is 21.8. The predicted molar refractivity (Wildman–Crippen MR) is 142 cm³/mol. The van der Waals surface area contributed by atoms with Crippen molar-refractivity contribution in [3.63, 3.8) is 0 Å². The lowest BCUT2D eigenvalue weighted by molar-refractivity contribution is -0.277. The molecule has 5 atom stereocenters. The van der Waals surface area contributed by atoms with Gasteiger partial charge in [-0.2, -0.15) is 0 Å². The third-order valence-electron chi connectivity index (χ3n) is 6.32. The predicted octanol–water partition coefficient (Wildman–Crippen LogP) is 1.74. The molecule has 4 unspecified atom stereocenters. The van der Waals surface area contributed by atoms with Gasteiger partial charge in [-0.3, -0.25) is 5.32 Å². The van der Waals surface area contributed by atoms with Crippen LogP contribution in [0.2, 0.25) is 0 Å². The van der Waals surface area contributed by atoms with Gasteiger partial charge in [-0.1, -0.05) is 35.5 Å². The van der Waals surface area contributed by atoms with Gasteiger partial charge in [-0.05, 0) is 29.3 Å². The lowest BCUT2D eigenvalue weighted by atomic mass is 9.99. The third kappa shape index (κ3) is 6.70. The Kier molecular flexibility index (Phi) is 8.68. The van der Waals surface area contributed by atoms with Gasteiger partial charge >= 0.3 is 12.1 Å². The average molecular weight is 579 g/mol. The molecule has 0 saturated carbocycles. The SMILES string of the molecule is O=C(Nc1ncccc1-c1cc(Cc2ccc(COc3ccccn3)cc2)no1)OC1OC(C(=O)O)C(O)[C@H](O)C1O. The monoisotopic (exact) mass is 578 g/mol. The number of hydrogen-bond acceptors (Lipinski definition) is 12. The fourth-order valence-electron chi connectivity index (χ4n) is 4.16. The zero-order valence-corrected chi connectivity index (χ0v) is 21.8. The molecule has 14 nitrogen and oxygen atoms in total. The summed E-state index contributed by atoms with van der Waals surface area (Å²) >= 11 is 0. The molecule has 0 aliphatic carbocycles. The Morgan fingerprint density at radius 2 is 1.67 bits per heavy atom. The van der Waals surface area contributed by atoms with Crippen LogP contribution >= 0.6 is 0 Å². The Labute approximate surface area is 238 Å². The third-order valence-corrected chi connectivity index (χ3v) is 6.32. The van der Waals surface area contributed by atoms with Gasteiger partial charge < -0.3 is 39.2 Å². The number of carboxylic acid groups (broad SMARTS) is 1. The molecule has 3 aromatic heterocycles. The van der Waals surface area contributed by atoms with E-state index in [1.165, 1.54) is 6.20 Å². The molecule has 4 heterocycles. The maximum Gasteiger partial charge on any atom is 0.415 e. The number of carbonyl (C=O) groups excluding carboxylic acids is 1. The highest BCUT2D eigenvalue weighted by Gasteiger charge is 2.48. The number of carbonyl (C=O) groups is 2. The maximum atomic E-state index is 12.6. The molecular weight excluding hydrogens is 552 g/mol. The Morgan fingerprint density at radius 3 is 2.40 bits per heavy atom. The van der Waals surface area contributed by atoms with E-state index in [4.69, 9.17) is 23.8 Å². The van der Waals surface area contributed by atoms with Crippen LogP contribution in [0.1, 0.15) is 16.8 Å². The van der Waals surface area contributed by atoms with Gasteiger partial charge in [-0.15, -0.1) is 0 Å². The Balaban J connectivity index is 1.21. The minimum atomic E-state index is -1.92. The number of nitrogens with one attached hydrogen (secondary N) is 1. The Hall–Kier alpha value is -4.89. The number of benzene rings is 1. The molecule has 1 amide bonds. The van der Waals surface area contributed by atoms with E-state index in [-0.39, 0.29) is 5.82 Å². The van der Waals surface area contributed by atoms with E-state index >= 15 is 0 Å². The first kappa shape index (κ1) is 28.6. The minimum Gasteiger partial charge on any atom is -0.479 e. The molecule has 42 heavy (non-hydrogen) atoms.